The molecule has 1 heterocycles. The minimum Gasteiger partial charge on any atom is -0.399 e. The first kappa shape index (κ1) is 11.8. The molecule has 4 heteroatoms. The summed E-state index contributed by atoms with van der Waals surface area (Å²) in [6.45, 7) is 3.07. The molecule has 1 aromatic carbocycles. The molecule has 0 spiro atoms. The van der Waals surface area contributed by atoms with E-state index in [-0.39, 0.29) is 0 Å². The standard InChI is InChI=1S/C13H19N3O/c1-10-9-11(14)6-7-12(10)16-8-4-3-5-13(16)15-17-2/h6-7,9H,3-5,8,14H2,1-2H3. The number of anilines is 2. The monoisotopic (exact) mass is 233 g/mol. The number of aryl methyl sites for hydroxylation is 1. The summed E-state index contributed by atoms with van der Waals surface area (Å²) in [5.74, 6) is 1.01. The zero-order chi connectivity index (χ0) is 12.3. The Labute approximate surface area is 102 Å². The van der Waals surface area contributed by atoms with Crippen LogP contribution in [0.25, 0.3) is 0 Å². The number of nitrogens with two attached hydrogens (primary N) is 1. The van der Waals surface area contributed by atoms with Gasteiger partial charge in [0.05, 0.1) is 0 Å². The smallest absolute Gasteiger partial charge is 0.148 e. The van der Waals surface area contributed by atoms with Gasteiger partial charge in [-0.3, -0.25) is 0 Å². The maximum absolute atomic E-state index is 5.78. The summed E-state index contributed by atoms with van der Waals surface area (Å²) in [6.07, 6.45) is 3.33. The molecule has 0 amide bonds. The molecule has 0 aromatic heterocycles. The van der Waals surface area contributed by atoms with Gasteiger partial charge in [0, 0.05) is 24.3 Å². The molecule has 1 saturated heterocycles. The van der Waals surface area contributed by atoms with Gasteiger partial charge in [-0.25, -0.2) is 0 Å². The Bertz CT molecular complexity index is 429. The van der Waals surface area contributed by atoms with E-state index in [0.29, 0.717) is 0 Å². The molecule has 17 heavy (non-hydrogen) atoms. The molecule has 0 bridgehead atoms. The molecule has 2 N–H and O–H groups in total. The van der Waals surface area contributed by atoms with Gasteiger partial charge in [0.25, 0.3) is 0 Å². The van der Waals surface area contributed by atoms with Crippen molar-refractivity contribution in [2.75, 3.05) is 24.3 Å². The van der Waals surface area contributed by atoms with Crippen molar-refractivity contribution in [1.82, 2.24) is 0 Å². The van der Waals surface area contributed by atoms with Crippen LogP contribution in [-0.2, 0) is 4.84 Å². The van der Waals surface area contributed by atoms with Gasteiger partial charge in [0.1, 0.15) is 12.9 Å². The quantitative estimate of drug-likeness (QED) is 0.631. The van der Waals surface area contributed by atoms with Crippen molar-refractivity contribution in [3.8, 4) is 0 Å². The van der Waals surface area contributed by atoms with Gasteiger partial charge in [0.15, 0.2) is 0 Å². The summed E-state index contributed by atoms with van der Waals surface area (Å²) in [5.41, 5.74) is 8.93. The molecular formula is C13H19N3O. The van der Waals surface area contributed by atoms with E-state index in [2.05, 4.69) is 23.0 Å². The lowest BCUT2D eigenvalue weighted by Crippen LogP contribution is -2.36. The summed E-state index contributed by atoms with van der Waals surface area (Å²) in [4.78, 5) is 7.14. The van der Waals surface area contributed by atoms with Crippen molar-refractivity contribution in [3.05, 3.63) is 23.8 Å². The Balaban J connectivity index is 2.33. The highest BCUT2D eigenvalue weighted by atomic mass is 16.6. The first-order valence-corrected chi connectivity index (χ1v) is 5.96. The van der Waals surface area contributed by atoms with Crippen molar-refractivity contribution >= 4 is 17.2 Å². The summed E-state index contributed by atoms with van der Waals surface area (Å²) < 4.78 is 0. The van der Waals surface area contributed by atoms with Gasteiger partial charge in [-0.1, -0.05) is 5.16 Å². The molecule has 0 saturated carbocycles. The van der Waals surface area contributed by atoms with Crippen LogP contribution in [-0.4, -0.2) is 19.5 Å². The molecule has 1 aromatic rings. The topological polar surface area (TPSA) is 50.8 Å². The number of hydrogen-bond donors (Lipinski definition) is 1. The lowest BCUT2D eigenvalue weighted by Gasteiger charge is -2.30. The van der Waals surface area contributed by atoms with Crippen LogP contribution >= 0.6 is 0 Å². The fourth-order valence-corrected chi connectivity index (χ4v) is 2.26. The molecule has 0 atom stereocenters. The van der Waals surface area contributed by atoms with Crippen LogP contribution in [0.5, 0.6) is 0 Å². The predicted octanol–water partition coefficient (Wildman–Crippen LogP) is 2.53. The van der Waals surface area contributed by atoms with E-state index in [1.807, 2.05) is 12.1 Å². The molecule has 0 radical (unpaired) electrons. The summed E-state index contributed by atoms with van der Waals surface area (Å²) in [7, 11) is 1.59. The van der Waals surface area contributed by atoms with E-state index in [1.165, 1.54) is 24.1 Å². The van der Waals surface area contributed by atoms with Crippen LogP contribution in [0, 0.1) is 6.92 Å². The van der Waals surface area contributed by atoms with E-state index < -0.39 is 0 Å². The minimum absolute atomic E-state index is 0.800. The average molecular weight is 233 g/mol. The third-order valence-corrected chi connectivity index (χ3v) is 3.05. The van der Waals surface area contributed by atoms with Crippen LogP contribution in [0.15, 0.2) is 23.4 Å². The van der Waals surface area contributed by atoms with Gasteiger partial charge in [-0.15, -0.1) is 0 Å². The zero-order valence-corrected chi connectivity index (χ0v) is 10.4. The molecule has 0 unspecified atom stereocenters. The normalized spacial score (nSPS) is 18.5. The van der Waals surface area contributed by atoms with Crippen LogP contribution in [0.2, 0.25) is 0 Å². The molecule has 1 aliphatic rings. The lowest BCUT2D eigenvalue weighted by atomic mass is 10.1. The van der Waals surface area contributed by atoms with Gasteiger partial charge in [0.2, 0.25) is 0 Å². The average Bonchev–Trinajstić information content (AvgIpc) is 2.31. The molecule has 2 rings (SSSR count). The Morgan fingerprint density at radius 3 is 2.88 bits per heavy atom. The van der Waals surface area contributed by atoms with E-state index in [0.717, 1.165) is 24.5 Å². The molecule has 1 fully saturated rings. The van der Waals surface area contributed by atoms with Crippen molar-refractivity contribution in [2.24, 2.45) is 5.16 Å². The summed E-state index contributed by atoms with van der Waals surface area (Å²) in [6, 6.07) is 5.98. The number of benzene rings is 1. The lowest BCUT2D eigenvalue weighted by molar-refractivity contribution is 0.211. The Hall–Kier alpha value is -1.71. The molecule has 4 nitrogen and oxygen atoms in total. The SMILES string of the molecule is CON=C1CCCCN1c1ccc(N)cc1C. The van der Waals surface area contributed by atoms with Crippen molar-refractivity contribution in [2.45, 2.75) is 26.2 Å². The molecule has 0 aliphatic carbocycles. The number of nitrogens with zero attached hydrogens (tertiary/aromatic N) is 2. The predicted molar refractivity (Wildman–Crippen MR) is 71.2 cm³/mol. The van der Waals surface area contributed by atoms with Gasteiger partial charge < -0.3 is 15.5 Å². The number of oxime groups is 1. The largest absolute Gasteiger partial charge is 0.399 e. The number of rotatable bonds is 2. The third-order valence-electron chi connectivity index (χ3n) is 3.05. The van der Waals surface area contributed by atoms with Crippen LogP contribution in [0.4, 0.5) is 11.4 Å². The molecular weight excluding hydrogens is 214 g/mol. The first-order chi connectivity index (χ1) is 8.22. The second kappa shape index (κ2) is 5.08. The Kier molecular flexibility index (Phi) is 3.52. The van der Waals surface area contributed by atoms with E-state index in [9.17, 15) is 0 Å². The van der Waals surface area contributed by atoms with Crippen LogP contribution in [0.1, 0.15) is 24.8 Å². The molecule has 1 aliphatic heterocycles. The van der Waals surface area contributed by atoms with Crippen LogP contribution < -0.4 is 10.6 Å². The maximum atomic E-state index is 5.78. The molecule has 92 valence electrons. The van der Waals surface area contributed by atoms with E-state index in [1.54, 1.807) is 7.11 Å². The fraction of sp³-hybridized carbons (Fsp3) is 0.462. The summed E-state index contributed by atoms with van der Waals surface area (Å²) >= 11 is 0. The van der Waals surface area contributed by atoms with Gasteiger partial charge in [-0.05, 0) is 43.5 Å². The maximum Gasteiger partial charge on any atom is 0.148 e. The van der Waals surface area contributed by atoms with Crippen molar-refractivity contribution in [1.29, 1.82) is 0 Å². The highest BCUT2D eigenvalue weighted by Crippen LogP contribution is 2.26. The number of piperidine rings is 1. The Morgan fingerprint density at radius 2 is 2.18 bits per heavy atom. The summed E-state index contributed by atoms with van der Waals surface area (Å²) in [5, 5.41) is 4.12. The minimum atomic E-state index is 0.800. The van der Waals surface area contributed by atoms with Crippen LogP contribution in [0.3, 0.4) is 0 Å². The van der Waals surface area contributed by atoms with E-state index >= 15 is 0 Å². The number of amidine groups is 1. The third kappa shape index (κ3) is 2.52. The number of nitrogen functional groups attached to an aromatic ring is 1. The second-order valence-corrected chi connectivity index (χ2v) is 4.34. The number of hydrogen-bond acceptors (Lipinski definition) is 3. The highest BCUT2D eigenvalue weighted by molar-refractivity contribution is 5.98. The highest BCUT2D eigenvalue weighted by Gasteiger charge is 2.20. The second-order valence-electron chi connectivity index (χ2n) is 4.34. The van der Waals surface area contributed by atoms with Crippen molar-refractivity contribution in [3.63, 3.8) is 0 Å². The fourth-order valence-electron chi connectivity index (χ4n) is 2.26. The zero-order valence-electron chi connectivity index (χ0n) is 10.4. The van der Waals surface area contributed by atoms with Gasteiger partial charge >= 0.3 is 0 Å². The van der Waals surface area contributed by atoms with Crippen molar-refractivity contribution < 1.29 is 4.84 Å². The van der Waals surface area contributed by atoms with E-state index in [4.69, 9.17) is 10.6 Å². The Morgan fingerprint density at radius 1 is 1.35 bits per heavy atom. The first-order valence-electron chi connectivity index (χ1n) is 5.96. The van der Waals surface area contributed by atoms with Gasteiger partial charge in [-0.2, -0.15) is 0 Å².